The van der Waals surface area contributed by atoms with Crippen molar-refractivity contribution >= 4 is 104 Å². The van der Waals surface area contributed by atoms with E-state index in [1.54, 1.807) is 0 Å². The van der Waals surface area contributed by atoms with Gasteiger partial charge >= 0.3 is 0 Å². The summed E-state index contributed by atoms with van der Waals surface area (Å²) in [6.45, 7) is 4.29. The van der Waals surface area contributed by atoms with Gasteiger partial charge in [-0.25, -0.2) is 0 Å². The number of furan rings is 1. The van der Waals surface area contributed by atoms with E-state index in [0.29, 0.717) is 0 Å². The van der Waals surface area contributed by atoms with Crippen LogP contribution in [0.5, 0.6) is 0 Å². The van der Waals surface area contributed by atoms with Crippen molar-refractivity contribution in [2.75, 3.05) is 4.90 Å². The molecule has 58 heavy (non-hydrogen) atoms. The molecule has 272 valence electrons. The molecule has 11 aromatic carbocycles. The summed E-state index contributed by atoms with van der Waals surface area (Å²) in [5.74, 6) is 0. The van der Waals surface area contributed by atoms with Gasteiger partial charge in [0, 0.05) is 32.9 Å². The lowest BCUT2D eigenvalue weighted by Crippen LogP contribution is -2.11. The van der Waals surface area contributed by atoms with Gasteiger partial charge in [0.25, 0.3) is 0 Å². The van der Waals surface area contributed by atoms with Crippen molar-refractivity contribution in [3.8, 4) is 11.1 Å². The fourth-order valence-corrected chi connectivity index (χ4v) is 9.60. The highest BCUT2D eigenvalue weighted by Crippen LogP contribution is 2.49. The second-order valence-electron chi connectivity index (χ2n) is 15.8. The van der Waals surface area contributed by atoms with Crippen molar-refractivity contribution in [2.45, 2.75) is 13.8 Å². The first-order valence-corrected chi connectivity index (χ1v) is 20.1. The summed E-state index contributed by atoms with van der Waals surface area (Å²) < 4.78 is 6.87. The van der Waals surface area contributed by atoms with Crippen LogP contribution < -0.4 is 4.90 Å². The number of benzene rings is 11. The van der Waals surface area contributed by atoms with Crippen LogP contribution in [0.3, 0.4) is 0 Å². The third kappa shape index (κ3) is 4.85. The lowest BCUT2D eigenvalue weighted by atomic mass is 9.89. The molecule has 0 aliphatic heterocycles. The Morgan fingerprint density at radius 1 is 0.345 bits per heavy atom. The third-order valence-electron chi connectivity index (χ3n) is 12.3. The van der Waals surface area contributed by atoms with E-state index in [1.165, 1.54) is 87.0 Å². The van der Waals surface area contributed by atoms with Gasteiger partial charge in [0.1, 0.15) is 11.2 Å². The lowest BCUT2D eigenvalue weighted by Gasteiger charge is -2.29. The average molecular weight is 740 g/mol. The molecule has 12 aromatic rings. The maximum atomic E-state index is 6.87. The molecule has 0 amide bonds. The molecule has 0 bridgehead atoms. The van der Waals surface area contributed by atoms with Crippen molar-refractivity contribution in [1.82, 2.24) is 0 Å². The molecule has 1 heterocycles. The molecule has 0 unspecified atom stereocenters. The first-order valence-electron chi connectivity index (χ1n) is 20.1. The molecule has 0 N–H and O–H groups in total. The first-order chi connectivity index (χ1) is 28.6. The normalized spacial score (nSPS) is 12.0. The Morgan fingerprint density at radius 3 is 1.50 bits per heavy atom. The van der Waals surface area contributed by atoms with Crippen molar-refractivity contribution in [3.05, 3.63) is 199 Å². The molecule has 2 nitrogen and oxygen atoms in total. The summed E-state index contributed by atoms with van der Waals surface area (Å²) in [5, 5.41) is 17.1. The summed E-state index contributed by atoms with van der Waals surface area (Å²) in [6, 6.07) is 69.1. The monoisotopic (exact) mass is 739 g/mol. The Morgan fingerprint density at radius 2 is 0.845 bits per heavy atom. The van der Waals surface area contributed by atoms with Gasteiger partial charge in [-0.15, -0.1) is 0 Å². The number of anilines is 3. The zero-order valence-corrected chi connectivity index (χ0v) is 32.3. The van der Waals surface area contributed by atoms with Crippen molar-refractivity contribution in [1.29, 1.82) is 0 Å². The average Bonchev–Trinajstić information content (AvgIpc) is 3.63. The molecule has 1 aromatic heterocycles. The van der Waals surface area contributed by atoms with Crippen LogP contribution in [-0.2, 0) is 0 Å². The van der Waals surface area contributed by atoms with E-state index >= 15 is 0 Å². The van der Waals surface area contributed by atoms with E-state index in [2.05, 4.69) is 207 Å². The predicted molar refractivity (Wildman–Crippen MR) is 248 cm³/mol. The van der Waals surface area contributed by atoms with Crippen molar-refractivity contribution < 1.29 is 4.42 Å². The molecule has 12 rings (SSSR count). The van der Waals surface area contributed by atoms with Gasteiger partial charge in [-0.3, -0.25) is 0 Å². The molecule has 0 radical (unpaired) electrons. The highest BCUT2D eigenvalue weighted by atomic mass is 16.3. The van der Waals surface area contributed by atoms with Crippen LogP contribution in [-0.4, -0.2) is 0 Å². The molecule has 0 aliphatic carbocycles. The zero-order chi connectivity index (χ0) is 38.5. The fourth-order valence-electron chi connectivity index (χ4n) is 9.60. The predicted octanol–water partition coefficient (Wildman–Crippen LogP) is 16.3. The summed E-state index contributed by atoms with van der Waals surface area (Å²) >= 11 is 0. The summed E-state index contributed by atoms with van der Waals surface area (Å²) in [4.78, 5) is 2.43. The van der Waals surface area contributed by atoms with Gasteiger partial charge in [-0.2, -0.15) is 0 Å². The van der Waals surface area contributed by atoms with Crippen molar-refractivity contribution in [2.24, 2.45) is 0 Å². The van der Waals surface area contributed by atoms with E-state index in [9.17, 15) is 0 Å². The van der Waals surface area contributed by atoms with Crippen LogP contribution >= 0.6 is 0 Å². The van der Waals surface area contributed by atoms with E-state index in [1.807, 2.05) is 0 Å². The molecule has 0 atom stereocenters. The second kappa shape index (κ2) is 12.5. The summed E-state index contributed by atoms with van der Waals surface area (Å²) in [5.41, 5.74) is 10.0. The molecule has 0 fully saturated rings. The molecular formula is C56H37NO. The minimum Gasteiger partial charge on any atom is -0.456 e. The van der Waals surface area contributed by atoms with Crippen LogP contribution in [0.4, 0.5) is 17.1 Å². The van der Waals surface area contributed by atoms with Gasteiger partial charge in [0.2, 0.25) is 0 Å². The molecule has 0 saturated carbocycles. The smallest absolute Gasteiger partial charge is 0.136 e. The number of hydrogen-bond donors (Lipinski definition) is 0. The lowest BCUT2D eigenvalue weighted by molar-refractivity contribution is 0.669. The van der Waals surface area contributed by atoms with E-state index in [0.717, 1.165) is 38.9 Å². The second-order valence-corrected chi connectivity index (χ2v) is 15.8. The Balaban J connectivity index is 1.11. The Bertz CT molecular complexity index is 3530. The highest BCUT2D eigenvalue weighted by Gasteiger charge is 2.23. The number of nitrogens with zero attached hydrogens (tertiary/aromatic N) is 1. The SMILES string of the molecule is Cc1ccc(N(c2ccc(C)cc2)c2c3ccccc3c(-c3ccc4c(c3)oc3cc5c6ccccc6c6c7ccccc7ccc6c5cc34)c3ccccc23)cc1. The van der Waals surface area contributed by atoms with Crippen LogP contribution in [0.15, 0.2) is 192 Å². The van der Waals surface area contributed by atoms with E-state index < -0.39 is 0 Å². The molecular weight excluding hydrogens is 703 g/mol. The quantitative estimate of drug-likeness (QED) is 0.132. The molecule has 2 heteroatoms. The first kappa shape index (κ1) is 32.8. The number of rotatable bonds is 4. The van der Waals surface area contributed by atoms with Gasteiger partial charge in [-0.1, -0.05) is 151 Å². The number of fused-ring (bicyclic) bond motifs is 13. The van der Waals surface area contributed by atoms with Crippen LogP contribution in [0.2, 0.25) is 0 Å². The van der Waals surface area contributed by atoms with Gasteiger partial charge in [-0.05, 0) is 127 Å². The van der Waals surface area contributed by atoms with Gasteiger partial charge in [0.05, 0.1) is 5.69 Å². The van der Waals surface area contributed by atoms with E-state index in [4.69, 9.17) is 4.42 Å². The Kier molecular flexibility index (Phi) is 7.09. The molecule has 0 saturated heterocycles. The van der Waals surface area contributed by atoms with Gasteiger partial charge < -0.3 is 9.32 Å². The number of aryl methyl sites for hydroxylation is 2. The minimum atomic E-state index is 0.889. The molecule has 0 aliphatic rings. The summed E-state index contributed by atoms with van der Waals surface area (Å²) in [7, 11) is 0. The van der Waals surface area contributed by atoms with Gasteiger partial charge in [0.15, 0.2) is 0 Å². The van der Waals surface area contributed by atoms with Crippen LogP contribution in [0, 0.1) is 13.8 Å². The van der Waals surface area contributed by atoms with Crippen molar-refractivity contribution in [3.63, 3.8) is 0 Å². The number of hydrogen-bond acceptors (Lipinski definition) is 2. The third-order valence-corrected chi connectivity index (χ3v) is 12.3. The topological polar surface area (TPSA) is 16.4 Å². The highest BCUT2D eigenvalue weighted by molar-refractivity contribution is 6.33. The largest absolute Gasteiger partial charge is 0.456 e. The maximum Gasteiger partial charge on any atom is 0.136 e. The van der Waals surface area contributed by atoms with Crippen LogP contribution in [0.25, 0.3) is 97.7 Å². The summed E-state index contributed by atoms with van der Waals surface area (Å²) in [6.07, 6.45) is 0. The van der Waals surface area contributed by atoms with Crippen LogP contribution in [0.1, 0.15) is 11.1 Å². The zero-order valence-electron chi connectivity index (χ0n) is 32.3. The minimum absolute atomic E-state index is 0.889. The maximum absolute atomic E-state index is 6.87. The Hall–Kier alpha value is -7.42. The van der Waals surface area contributed by atoms with E-state index in [-0.39, 0.29) is 0 Å². The molecule has 0 spiro atoms. The standard InChI is InChI=1S/C56H37NO/c1-34-19-25-38(26-20-34)57(39-27-21-35(2)22-28-39)56-47-17-9-7-15-44(47)54(45-16-8-10-18-48(45)56)37-24-29-42-51-32-49-46-30-23-36-11-3-4-12-40(36)55(46)43-14-6-5-13-41(43)50(49)33-53(51)58-52(42)31-37/h3-33H,1-2H3. The Labute approximate surface area is 335 Å². The fraction of sp³-hybridized carbons (Fsp3) is 0.0357.